The summed E-state index contributed by atoms with van der Waals surface area (Å²) in [4.78, 5) is 0. The van der Waals surface area contributed by atoms with E-state index in [1.807, 2.05) is 5.70 Å². The number of hydrogen-bond acceptors (Lipinski definition) is 0. The van der Waals surface area contributed by atoms with Gasteiger partial charge in [-0.2, -0.15) is 0 Å². The van der Waals surface area contributed by atoms with E-state index in [-0.39, 0.29) is 0 Å². The monoisotopic (exact) mass is 182 g/mol. The maximum absolute atomic E-state index is 5.60. The molecule has 1 atom stereocenters. The van der Waals surface area contributed by atoms with E-state index < -0.39 is 7.42 Å². The Labute approximate surface area is 67.9 Å². The molecule has 54 valence electrons. The summed E-state index contributed by atoms with van der Waals surface area (Å²) < 4.78 is 0. The van der Waals surface area contributed by atoms with Crippen LogP contribution in [0.25, 0.3) is 0 Å². The van der Waals surface area contributed by atoms with Crippen LogP contribution in [0, 0.1) is 5.92 Å². The molecule has 0 saturated carbocycles. The van der Waals surface area contributed by atoms with E-state index in [0.29, 0.717) is 5.92 Å². The highest BCUT2D eigenvalue weighted by atomic mass is 35.7. The van der Waals surface area contributed by atoms with Crippen LogP contribution in [0.15, 0.2) is 11.8 Å². The van der Waals surface area contributed by atoms with Gasteiger partial charge in [0, 0.05) is 0 Å². The predicted molar refractivity (Wildman–Crippen MR) is 47.5 cm³/mol. The van der Waals surface area contributed by atoms with Crippen LogP contribution >= 0.6 is 22.2 Å². The minimum absolute atomic E-state index is 0.623. The third-order valence-electron chi connectivity index (χ3n) is 1.23. The van der Waals surface area contributed by atoms with Crippen LogP contribution in [0.2, 0.25) is 0 Å². The molecule has 9 heavy (non-hydrogen) atoms. The Morgan fingerprint density at radius 1 is 1.56 bits per heavy atom. The Hall–Kier alpha value is 0.537. The smallest absolute Gasteiger partial charge is 0.145 e. The van der Waals surface area contributed by atoms with Gasteiger partial charge in [0.2, 0.25) is 0 Å². The number of hydrogen-bond donors (Lipinski definition) is 0. The third kappa shape index (κ3) is 6.42. The van der Waals surface area contributed by atoms with Gasteiger partial charge in [-0.15, -0.1) is 22.2 Å². The second-order valence-electron chi connectivity index (χ2n) is 2.10. The van der Waals surface area contributed by atoms with Gasteiger partial charge in [0.1, 0.15) is 0 Å². The molecule has 0 nitrogen and oxygen atoms in total. The minimum Gasteiger partial charge on any atom is -0.145 e. The molecule has 0 aromatic heterocycles. The van der Waals surface area contributed by atoms with Crippen molar-refractivity contribution >= 4 is 29.6 Å². The maximum atomic E-state index is 5.60. The van der Waals surface area contributed by atoms with Crippen molar-refractivity contribution in [2.45, 2.75) is 20.3 Å². The number of allylic oxidation sites excluding steroid dienone is 1. The summed E-state index contributed by atoms with van der Waals surface area (Å²) in [5, 5.41) is 0. The van der Waals surface area contributed by atoms with E-state index in [0.717, 1.165) is 6.42 Å². The summed E-state index contributed by atoms with van der Waals surface area (Å²) in [5.74, 6) is 0.623. The lowest BCUT2D eigenvalue weighted by Gasteiger charge is -1.97. The molecule has 3 heteroatoms. The number of halogens is 2. The van der Waals surface area contributed by atoms with Gasteiger partial charge < -0.3 is 0 Å². The lowest BCUT2D eigenvalue weighted by atomic mass is 10.1. The van der Waals surface area contributed by atoms with Crippen molar-refractivity contribution in [3.63, 3.8) is 0 Å². The fraction of sp³-hybridized carbons (Fsp3) is 0.667. The van der Waals surface area contributed by atoms with E-state index >= 15 is 0 Å². The Morgan fingerprint density at radius 3 is 2.44 bits per heavy atom. The zero-order valence-corrected chi connectivity index (χ0v) is 8.44. The molecule has 0 bridgehead atoms. The molecule has 0 amide bonds. The summed E-state index contributed by atoms with van der Waals surface area (Å²) in [7, 11) is -1.48. The van der Waals surface area contributed by atoms with Crippen LogP contribution < -0.4 is 0 Å². The predicted octanol–water partition coefficient (Wildman–Crippen LogP) is 2.83. The van der Waals surface area contributed by atoms with Crippen LogP contribution in [-0.4, -0.2) is 7.42 Å². The van der Waals surface area contributed by atoms with E-state index in [1.165, 1.54) is 0 Å². The Bertz CT molecular complexity index is 91.1. The van der Waals surface area contributed by atoms with Crippen LogP contribution in [0.3, 0.4) is 0 Å². The Kier molecular flexibility index (Phi) is 5.65. The van der Waals surface area contributed by atoms with E-state index in [4.69, 9.17) is 22.2 Å². The zero-order chi connectivity index (χ0) is 7.28. The van der Waals surface area contributed by atoms with Crippen LogP contribution in [-0.2, 0) is 0 Å². The molecule has 0 aliphatic carbocycles. The van der Waals surface area contributed by atoms with Crippen molar-refractivity contribution < 1.29 is 0 Å². The van der Waals surface area contributed by atoms with Crippen molar-refractivity contribution in [2.24, 2.45) is 5.92 Å². The van der Waals surface area contributed by atoms with Gasteiger partial charge in [-0.05, 0) is 5.92 Å². The highest BCUT2D eigenvalue weighted by Crippen LogP contribution is 2.05. The second-order valence-corrected chi connectivity index (χ2v) is 6.65. The first-order valence-corrected chi connectivity index (χ1v) is 7.29. The van der Waals surface area contributed by atoms with Crippen LogP contribution in [0.4, 0.5) is 0 Å². The van der Waals surface area contributed by atoms with Crippen molar-refractivity contribution in [2.75, 3.05) is 0 Å². The van der Waals surface area contributed by atoms with E-state index in [9.17, 15) is 0 Å². The molecule has 0 aliphatic heterocycles. The molecule has 0 heterocycles. The SMILES string of the molecule is CCC(C)C=C[SiH](Cl)Cl. The summed E-state index contributed by atoms with van der Waals surface area (Å²) in [6.07, 6.45) is 3.25. The van der Waals surface area contributed by atoms with Crippen molar-refractivity contribution in [3.05, 3.63) is 11.8 Å². The van der Waals surface area contributed by atoms with E-state index in [1.54, 1.807) is 0 Å². The minimum atomic E-state index is -1.48. The van der Waals surface area contributed by atoms with Gasteiger partial charge >= 0.3 is 0 Å². The molecule has 0 radical (unpaired) electrons. The normalized spacial score (nSPS) is 15.2. The first kappa shape index (κ1) is 9.54. The molecule has 0 spiro atoms. The third-order valence-corrected chi connectivity index (χ3v) is 2.62. The standard InChI is InChI=1S/C6H12Cl2Si/c1-3-6(2)4-5-9(7)8/h4-6,9H,3H2,1-2H3. The van der Waals surface area contributed by atoms with Gasteiger partial charge in [0.15, 0.2) is 0 Å². The molecule has 1 unspecified atom stereocenters. The fourth-order valence-electron chi connectivity index (χ4n) is 0.410. The average molecular weight is 183 g/mol. The first-order chi connectivity index (χ1) is 4.16. The molecular weight excluding hydrogens is 171 g/mol. The van der Waals surface area contributed by atoms with Gasteiger partial charge in [0.25, 0.3) is 7.42 Å². The second kappa shape index (κ2) is 5.33. The van der Waals surface area contributed by atoms with Crippen molar-refractivity contribution in [1.82, 2.24) is 0 Å². The van der Waals surface area contributed by atoms with Crippen LogP contribution in [0.5, 0.6) is 0 Å². The number of rotatable bonds is 3. The summed E-state index contributed by atoms with van der Waals surface area (Å²) in [6, 6.07) is 0. The fourth-order valence-corrected chi connectivity index (χ4v) is 1.46. The van der Waals surface area contributed by atoms with Gasteiger partial charge in [0.05, 0.1) is 0 Å². The average Bonchev–Trinajstić information content (AvgIpc) is 1.83. The lowest BCUT2D eigenvalue weighted by Crippen LogP contribution is -1.89. The Balaban J connectivity index is 3.43. The summed E-state index contributed by atoms with van der Waals surface area (Å²) in [6.45, 7) is 4.30. The maximum Gasteiger partial charge on any atom is 0.259 e. The van der Waals surface area contributed by atoms with Gasteiger partial charge in [-0.1, -0.05) is 32.0 Å². The van der Waals surface area contributed by atoms with E-state index in [2.05, 4.69) is 19.9 Å². The molecule has 0 aromatic rings. The summed E-state index contributed by atoms with van der Waals surface area (Å²) in [5.41, 5.74) is 1.94. The molecular formula is C6H12Cl2Si. The highest BCUT2D eigenvalue weighted by Gasteiger charge is 1.95. The molecule has 0 aliphatic rings. The lowest BCUT2D eigenvalue weighted by molar-refractivity contribution is 0.699. The Morgan fingerprint density at radius 2 is 2.11 bits per heavy atom. The molecule has 0 rings (SSSR count). The summed E-state index contributed by atoms with van der Waals surface area (Å²) >= 11 is 11.2. The van der Waals surface area contributed by atoms with Gasteiger partial charge in [-0.25, -0.2) is 0 Å². The molecule has 0 aromatic carbocycles. The van der Waals surface area contributed by atoms with Crippen LogP contribution in [0.1, 0.15) is 20.3 Å². The first-order valence-electron chi connectivity index (χ1n) is 3.13. The topological polar surface area (TPSA) is 0 Å². The zero-order valence-electron chi connectivity index (χ0n) is 5.77. The molecule has 0 fully saturated rings. The van der Waals surface area contributed by atoms with Crippen molar-refractivity contribution in [3.8, 4) is 0 Å². The highest BCUT2D eigenvalue weighted by molar-refractivity contribution is 7.36. The van der Waals surface area contributed by atoms with Gasteiger partial charge in [-0.3, -0.25) is 0 Å². The van der Waals surface area contributed by atoms with Crippen molar-refractivity contribution in [1.29, 1.82) is 0 Å². The molecule has 0 saturated heterocycles. The quantitative estimate of drug-likeness (QED) is 0.466. The molecule has 0 N–H and O–H groups in total. The largest absolute Gasteiger partial charge is 0.259 e.